The molecule has 0 fully saturated rings. The molecule has 0 unspecified atom stereocenters. The van der Waals surface area contributed by atoms with Crippen molar-refractivity contribution in [2.24, 2.45) is 0 Å². The van der Waals surface area contributed by atoms with Gasteiger partial charge < -0.3 is 6.53 Å². The minimum Gasteiger partial charge on any atom is -1.00 e. The third-order valence-corrected chi connectivity index (χ3v) is 0.302. The molecular formula is C3H7NaO2. The fourth-order valence-electron chi connectivity index (χ4n) is 0. The molecule has 6 heavy (non-hydrogen) atoms. The predicted octanol–water partition coefficient (Wildman–Crippen LogP) is -2.40. The van der Waals surface area contributed by atoms with Crippen molar-refractivity contribution in [3.8, 4) is 0 Å². The van der Waals surface area contributed by atoms with Gasteiger partial charge in [0.05, 0.1) is 0 Å². The molecule has 0 saturated carbocycles. The van der Waals surface area contributed by atoms with Gasteiger partial charge in [-0.3, -0.25) is 4.79 Å². The first-order chi connectivity index (χ1) is 2.27. The van der Waals surface area contributed by atoms with Crippen molar-refractivity contribution in [2.45, 2.75) is 13.3 Å². The van der Waals surface area contributed by atoms with Gasteiger partial charge in [0.1, 0.15) is 0 Å². The molecule has 0 bridgehead atoms. The van der Waals surface area contributed by atoms with Crippen molar-refractivity contribution >= 4 is 5.97 Å². The summed E-state index contributed by atoms with van der Waals surface area (Å²) in [5, 5.41) is 7.72. The SMILES string of the molecule is CCC(=O)O.[H-].[Na+]. The van der Waals surface area contributed by atoms with Crippen molar-refractivity contribution < 1.29 is 40.9 Å². The first kappa shape index (κ1) is 9.69. The van der Waals surface area contributed by atoms with E-state index < -0.39 is 5.97 Å². The second-order valence-electron chi connectivity index (χ2n) is 0.747. The minimum atomic E-state index is -0.745. The second kappa shape index (κ2) is 5.47. The van der Waals surface area contributed by atoms with Crippen LogP contribution >= 0.6 is 0 Å². The maximum Gasteiger partial charge on any atom is 1.00 e. The van der Waals surface area contributed by atoms with E-state index in [9.17, 15) is 4.79 Å². The largest absolute Gasteiger partial charge is 1.00 e. The van der Waals surface area contributed by atoms with E-state index in [-0.39, 0.29) is 37.4 Å². The molecule has 0 radical (unpaired) electrons. The van der Waals surface area contributed by atoms with E-state index >= 15 is 0 Å². The van der Waals surface area contributed by atoms with Gasteiger partial charge >= 0.3 is 35.5 Å². The van der Waals surface area contributed by atoms with Crippen molar-refractivity contribution in [3.05, 3.63) is 0 Å². The number of hydrogen-bond donors (Lipinski definition) is 1. The molecule has 1 N–H and O–H groups in total. The van der Waals surface area contributed by atoms with Gasteiger partial charge in [0.2, 0.25) is 0 Å². The molecule has 0 aliphatic heterocycles. The van der Waals surface area contributed by atoms with Gasteiger partial charge in [-0.15, -0.1) is 0 Å². The average molecular weight is 98.1 g/mol. The summed E-state index contributed by atoms with van der Waals surface area (Å²) >= 11 is 0. The van der Waals surface area contributed by atoms with Crippen LogP contribution in [0.25, 0.3) is 0 Å². The van der Waals surface area contributed by atoms with E-state index in [1.165, 1.54) is 0 Å². The van der Waals surface area contributed by atoms with Crippen LogP contribution in [-0.4, -0.2) is 11.1 Å². The summed E-state index contributed by atoms with van der Waals surface area (Å²) in [5.41, 5.74) is 0. The van der Waals surface area contributed by atoms with Crippen molar-refractivity contribution in [2.75, 3.05) is 0 Å². The standard InChI is InChI=1S/C3H6O2.Na.H/c1-2-3(4)5;;/h2H2,1H3,(H,4,5);;/q;+1;-1. The van der Waals surface area contributed by atoms with Crippen LogP contribution in [0.15, 0.2) is 0 Å². The van der Waals surface area contributed by atoms with Crippen molar-refractivity contribution in [1.29, 1.82) is 0 Å². The summed E-state index contributed by atoms with van der Waals surface area (Å²) in [6.45, 7) is 1.60. The molecule has 0 amide bonds. The number of aliphatic carboxylic acids is 1. The monoisotopic (exact) mass is 98.0 g/mol. The Morgan fingerprint density at radius 3 is 2.17 bits per heavy atom. The zero-order valence-electron chi connectivity index (χ0n) is 5.06. The van der Waals surface area contributed by atoms with Gasteiger partial charge in [-0.1, -0.05) is 6.92 Å². The van der Waals surface area contributed by atoms with Gasteiger partial charge in [0.25, 0.3) is 0 Å². The molecule has 0 rings (SSSR count). The summed E-state index contributed by atoms with van der Waals surface area (Å²) in [6, 6.07) is 0. The normalized spacial score (nSPS) is 6.17. The molecule has 0 aromatic heterocycles. The van der Waals surface area contributed by atoms with Crippen LogP contribution in [0.5, 0.6) is 0 Å². The summed E-state index contributed by atoms with van der Waals surface area (Å²) in [4.78, 5) is 9.37. The first-order valence-corrected chi connectivity index (χ1v) is 1.49. The van der Waals surface area contributed by atoms with Gasteiger partial charge in [0.15, 0.2) is 0 Å². The number of carboxylic acids is 1. The first-order valence-electron chi connectivity index (χ1n) is 1.49. The Morgan fingerprint density at radius 2 is 2.17 bits per heavy atom. The van der Waals surface area contributed by atoms with Crippen molar-refractivity contribution in [1.82, 2.24) is 0 Å². The third-order valence-electron chi connectivity index (χ3n) is 0.302. The van der Waals surface area contributed by atoms with Crippen LogP contribution < -0.4 is 29.6 Å². The molecule has 0 atom stereocenters. The quantitative estimate of drug-likeness (QED) is 0.371. The van der Waals surface area contributed by atoms with E-state index in [4.69, 9.17) is 5.11 Å². The molecule has 3 heteroatoms. The van der Waals surface area contributed by atoms with Crippen LogP contribution in [0, 0.1) is 0 Å². The maximum absolute atomic E-state index is 9.37. The molecule has 0 saturated heterocycles. The number of rotatable bonds is 1. The summed E-state index contributed by atoms with van der Waals surface area (Å²) < 4.78 is 0. The molecule has 32 valence electrons. The maximum atomic E-state index is 9.37. The van der Waals surface area contributed by atoms with E-state index in [0.29, 0.717) is 0 Å². The Morgan fingerprint density at radius 1 is 2.00 bits per heavy atom. The Bertz CT molecular complexity index is 48.2. The Balaban J connectivity index is -0.0000000800. The smallest absolute Gasteiger partial charge is 1.00 e. The summed E-state index contributed by atoms with van der Waals surface area (Å²) in [7, 11) is 0. The second-order valence-corrected chi connectivity index (χ2v) is 0.747. The fraction of sp³-hybridized carbons (Fsp3) is 0.667. The van der Waals surface area contributed by atoms with Gasteiger partial charge in [-0.05, 0) is 0 Å². The van der Waals surface area contributed by atoms with Crippen LogP contribution in [0.2, 0.25) is 0 Å². The van der Waals surface area contributed by atoms with Crippen molar-refractivity contribution in [3.63, 3.8) is 0 Å². The van der Waals surface area contributed by atoms with Crippen LogP contribution in [-0.2, 0) is 4.79 Å². The van der Waals surface area contributed by atoms with E-state index in [2.05, 4.69) is 0 Å². The van der Waals surface area contributed by atoms with E-state index in [0.717, 1.165) is 0 Å². The van der Waals surface area contributed by atoms with E-state index in [1.54, 1.807) is 6.92 Å². The number of carboxylic acid groups (broad SMARTS) is 1. The number of carbonyl (C=O) groups is 1. The number of hydrogen-bond acceptors (Lipinski definition) is 1. The Kier molecular flexibility index (Phi) is 8.83. The fourth-order valence-corrected chi connectivity index (χ4v) is 0. The summed E-state index contributed by atoms with van der Waals surface area (Å²) in [5.74, 6) is -0.745. The third kappa shape index (κ3) is 8.82. The zero-order valence-corrected chi connectivity index (χ0v) is 6.06. The van der Waals surface area contributed by atoms with E-state index in [1.807, 2.05) is 0 Å². The molecule has 0 aliphatic carbocycles. The topological polar surface area (TPSA) is 37.3 Å². The average Bonchev–Trinajstić information content (AvgIpc) is 1.38. The van der Waals surface area contributed by atoms with Crippen LogP contribution in [0.4, 0.5) is 0 Å². The van der Waals surface area contributed by atoms with Crippen LogP contribution in [0.3, 0.4) is 0 Å². The molecule has 0 spiro atoms. The van der Waals surface area contributed by atoms with Gasteiger partial charge in [-0.2, -0.15) is 0 Å². The van der Waals surface area contributed by atoms with Gasteiger partial charge in [0, 0.05) is 6.42 Å². The molecule has 0 aliphatic rings. The predicted molar refractivity (Wildman–Crippen MR) is 19.0 cm³/mol. The molecular weight excluding hydrogens is 91.0 g/mol. The minimum absolute atomic E-state index is 0. The Hall–Kier alpha value is 0.470. The van der Waals surface area contributed by atoms with Gasteiger partial charge in [-0.25, -0.2) is 0 Å². The zero-order chi connectivity index (χ0) is 4.28. The Labute approximate surface area is 60.3 Å². The summed E-state index contributed by atoms with van der Waals surface area (Å²) in [6.07, 6.45) is 0.222. The molecule has 0 aromatic rings. The van der Waals surface area contributed by atoms with Crippen LogP contribution in [0.1, 0.15) is 14.8 Å². The molecule has 2 nitrogen and oxygen atoms in total. The molecule has 0 aromatic carbocycles. The molecule has 0 heterocycles.